The number of hydrogen-bond donors (Lipinski definition) is 0. The van der Waals surface area contributed by atoms with E-state index >= 15 is 0 Å². The molecule has 4 heteroatoms. The van der Waals surface area contributed by atoms with Crippen LogP contribution in [-0.4, -0.2) is 21.3 Å². The number of nitrogens with zero attached hydrogens (tertiary/aromatic N) is 3. The third kappa shape index (κ3) is 1.69. The maximum Gasteiger partial charge on any atom is 0.172 e. The van der Waals surface area contributed by atoms with E-state index in [-0.39, 0.29) is 0 Å². The summed E-state index contributed by atoms with van der Waals surface area (Å²) in [6.07, 6.45) is 3.37. The van der Waals surface area contributed by atoms with Gasteiger partial charge in [-0.1, -0.05) is 19.1 Å². The lowest BCUT2D eigenvalue weighted by molar-refractivity contribution is 0.111. The SMILES string of the molecule is CC(C)c1c(C=O)nnn1CC1CC1. The zero-order valence-electron chi connectivity index (χ0n) is 8.60. The van der Waals surface area contributed by atoms with E-state index in [1.807, 2.05) is 4.68 Å². The van der Waals surface area contributed by atoms with Crippen molar-refractivity contribution >= 4 is 6.29 Å². The minimum atomic E-state index is 0.309. The molecule has 1 heterocycles. The van der Waals surface area contributed by atoms with E-state index < -0.39 is 0 Å². The Balaban J connectivity index is 2.27. The van der Waals surface area contributed by atoms with Crippen LogP contribution in [0.4, 0.5) is 0 Å². The fourth-order valence-corrected chi connectivity index (χ4v) is 1.69. The molecular weight excluding hydrogens is 178 g/mol. The quantitative estimate of drug-likeness (QED) is 0.683. The van der Waals surface area contributed by atoms with E-state index in [4.69, 9.17) is 0 Å². The van der Waals surface area contributed by atoms with Crippen molar-refractivity contribution in [3.05, 3.63) is 11.4 Å². The van der Waals surface area contributed by atoms with E-state index in [1.165, 1.54) is 12.8 Å². The molecule has 0 atom stereocenters. The van der Waals surface area contributed by atoms with Gasteiger partial charge in [-0.15, -0.1) is 5.10 Å². The molecule has 0 amide bonds. The third-order valence-electron chi connectivity index (χ3n) is 2.59. The van der Waals surface area contributed by atoms with Gasteiger partial charge in [0.25, 0.3) is 0 Å². The van der Waals surface area contributed by atoms with E-state index in [2.05, 4.69) is 24.2 Å². The number of carbonyl (C=O) groups is 1. The smallest absolute Gasteiger partial charge is 0.172 e. The van der Waals surface area contributed by atoms with Gasteiger partial charge in [0, 0.05) is 6.54 Å². The molecule has 1 fully saturated rings. The van der Waals surface area contributed by atoms with Gasteiger partial charge in [0.15, 0.2) is 6.29 Å². The maximum atomic E-state index is 10.7. The van der Waals surface area contributed by atoms with Gasteiger partial charge in [-0.25, -0.2) is 4.68 Å². The molecule has 1 saturated carbocycles. The Bertz CT molecular complexity index is 339. The summed E-state index contributed by atoms with van der Waals surface area (Å²) in [4.78, 5) is 10.7. The van der Waals surface area contributed by atoms with Crippen LogP contribution in [0.15, 0.2) is 0 Å². The van der Waals surface area contributed by atoms with Crippen molar-refractivity contribution in [2.45, 2.75) is 39.2 Å². The summed E-state index contributed by atoms with van der Waals surface area (Å²) in [5, 5.41) is 7.91. The highest BCUT2D eigenvalue weighted by Crippen LogP contribution is 2.31. The van der Waals surface area contributed by atoms with Crippen LogP contribution in [0.25, 0.3) is 0 Å². The van der Waals surface area contributed by atoms with E-state index in [9.17, 15) is 4.79 Å². The number of hydrogen-bond acceptors (Lipinski definition) is 3. The van der Waals surface area contributed by atoms with Crippen molar-refractivity contribution in [1.29, 1.82) is 0 Å². The minimum Gasteiger partial charge on any atom is -0.296 e. The van der Waals surface area contributed by atoms with Gasteiger partial charge in [-0.05, 0) is 24.7 Å². The topological polar surface area (TPSA) is 47.8 Å². The predicted octanol–water partition coefficient (Wildman–Crippen LogP) is 1.62. The van der Waals surface area contributed by atoms with E-state index in [0.717, 1.165) is 24.4 Å². The molecule has 0 aliphatic heterocycles. The molecule has 1 aromatic rings. The van der Waals surface area contributed by atoms with E-state index in [0.29, 0.717) is 11.6 Å². The first-order chi connectivity index (χ1) is 6.72. The Morgan fingerprint density at radius 1 is 1.57 bits per heavy atom. The van der Waals surface area contributed by atoms with Crippen LogP contribution in [0.2, 0.25) is 0 Å². The average molecular weight is 193 g/mol. The van der Waals surface area contributed by atoms with Crippen molar-refractivity contribution in [3.8, 4) is 0 Å². The van der Waals surface area contributed by atoms with Crippen LogP contribution < -0.4 is 0 Å². The molecule has 76 valence electrons. The van der Waals surface area contributed by atoms with Crippen molar-refractivity contribution in [2.75, 3.05) is 0 Å². The molecule has 0 aromatic carbocycles. The molecule has 2 rings (SSSR count). The lowest BCUT2D eigenvalue weighted by atomic mass is 10.1. The van der Waals surface area contributed by atoms with Crippen LogP contribution in [0, 0.1) is 5.92 Å². The molecule has 1 aliphatic carbocycles. The van der Waals surface area contributed by atoms with Gasteiger partial charge in [-0.3, -0.25) is 4.79 Å². The fourth-order valence-electron chi connectivity index (χ4n) is 1.69. The first-order valence-electron chi connectivity index (χ1n) is 5.11. The third-order valence-corrected chi connectivity index (χ3v) is 2.59. The number of rotatable bonds is 4. The molecule has 14 heavy (non-hydrogen) atoms. The Morgan fingerprint density at radius 3 is 2.79 bits per heavy atom. The van der Waals surface area contributed by atoms with Gasteiger partial charge < -0.3 is 0 Å². The summed E-state index contributed by atoms with van der Waals surface area (Å²) >= 11 is 0. The highest BCUT2D eigenvalue weighted by Gasteiger charge is 2.25. The summed E-state index contributed by atoms with van der Waals surface area (Å²) in [6.45, 7) is 5.05. The number of aldehydes is 1. The van der Waals surface area contributed by atoms with E-state index in [1.54, 1.807) is 0 Å². The number of aromatic nitrogens is 3. The van der Waals surface area contributed by atoms with Gasteiger partial charge in [0.05, 0.1) is 5.69 Å². The molecular formula is C10H15N3O. The van der Waals surface area contributed by atoms with Gasteiger partial charge in [-0.2, -0.15) is 0 Å². The molecule has 0 N–H and O–H groups in total. The molecule has 0 saturated heterocycles. The van der Waals surface area contributed by atoms with Crippen LogP contribution in [0.3, 0.4) is 0 Å². The second kappa shape index (κ2) is 3.52. The lowest BCUT2D eigenvalue weighted by Crippen LogP contribution is -2.08. The first-order valence-corrected chi connectivity index (χ1v) is 5.11. The Morgan fingerprint density at radius 2 is 2.29 bits per heavy atom. The molecule has 4 nitrogen and oxygen atoms in total. The van der Waals surface area contributed by atoms with Crippen molar-refractivity contribution in [3.63, 3.8) is 0 Å². The zero-order chi connectivity index (χ0) is 10.1. The standard InChI is InChI=1S/C10H15N3O/c1-7(2)10-9(6-14)11-12-13(10)5-8-3-4-8/h6-8H,3-5H2,1-2H3. The van der Waals surface area contributed by atoms with Crippen LogP contribution >= 0.6 is 0 Å². The van der Waals surface area contributed by atoms with Crippen LogP contribution in [-0.2, 0) is 6.54 Å². The number of carbonyl (C=O) groups excluding carboxylic acids is 1. The average Bonchev–Trinajstić information content (AvgIpc) is 2.83. The Kier molecular flexibility index (Phi) is 2.35. The van der Waals surface area contributed by atoms with Crippen molar-refractivity contribution < 1.29 is 4.79 Å². The van der Waals surface area contributed by atoms with Crippen molar-refractivity contribution in [2.24, 2.45) is 5.92 Å². The summed E-state index contributed by atoms with van der Waals surface area (Å²) in [5.74, 6) is 1.07. The van der Waals surface area contributed by atoms with Crippen molar-refractivity contribution in [1.82, 2.24) is 15.0 Å². The normalized spacial score (nSPS) is 16.2. The molecule has 1 aliphatic rings. The van der Waals surface area contributed by atoms with Crippen LogP contribution in [0.5, 0.6) is 0 Å². The second-order valence-electron chi connectivity index (χ2n) is 4.26. The Labute approximate surface area is 83.3 Å². The highest BCUT2D eigenvalue weighted by molar-refractivity contribution is 5.73. The van der Waals surface area contributed by atoms with Gasteiger partial charge in [0.1, 0.15) is 5.69 Å². The molecule has 1 aromatic heterocycles. The molecule has 0 unspecified atom stereocenters. The minimum absolute atomic E-state index is 0.309. The summed E-state index contributed by atoms with van der Waals surface area (Å²) < 4.78 is 1.89. The molecule has 0 bridgehead atoms. The summed E-state index contributed by atoms with van der Waals surface area (Å²) in [5.41, 5.74) is 1.48. The fraction of sp³-hybridized carbons (Fsp3) is 0.700. The molecule has 0 spiro atoms. The zero-order valence-corrected chi connectivity index (χ0v) is 8.60. The summed E-state index contributed by atoms with van der Waals surface area (Å²) in [7, 11) is 0. The Hall–Kier alpha value is -1.19. The molecule has 0 radical (unpaired) electrons. The highest BCUT2D eigenvalue weighted by atomic mass is 16.1. The van der Waals surface area contributed by atoms with Gasteiger partial charge in [0.2, 0.25) is 0 Å². The van der Waals surface area contributed by atoms with Gasteiger partial charge >= 0.3 is 0 Å². The largest absolute Gasteiger partial charge is 0.296 e. The predicted molar refractivity (Wildman–Crippen MR) is 52.2 cm³/mol. The maximum absolute atomic E-state index is 10.7. The first kappa shape index (κ1) is 9.37. The second-order valence-corrected chi connectivity index (χ2v) is 4.26. The summed E-state index contributed by atoms with van der Waals surface area (Å²) in [6, 6.07) is 0. The lowest BCUT2D eigenvalue weighted by Gasteiger charge is -2.08. The van der Waals surface area contributed by atoms with Crippen LogP contribution in [0.1, 0.15) is 48.8 Å². The monoisotopic (exact) mass is 193 g/mol.